The summed E-state index contributed by atoms with van der Waals surface area (Å²) < 4.78 is 41.7. The molecule has 0 aliphatic rings. The Morgan fingerprint density at radius 2 is 1.62 bits per heavy atom. The molecule has 0 aromatic carbocycles. The zero-order valence-corrected chi connectivity index (χ0v) is 18.3. The van der Waals surface area contributed by atoms with Gasteiger partial charge in [-0.05, 0) is 34.2 Å². The van der Waals surface area contributed by atoms with Crippen molar-refractivity contribution < 1.29 is 22.7 Å². The highest BCUT2D eigenvalue weighted by atomic mass is 127. The van der Waals surface area contributed by atoms with E-state index in [2.05, 4.69) is 20.9 Å². The van der Waals surface area contributed by atoms with Crippen molar-refractivity contribution in [3.8, 4) is 0 Å². The van der Waals surface area contributed by atoms with Crippen LogP contribution in [0.2, 0.25) is 0 Å². The number of amides is 1. The van der Waals surface area contributed by atoms with E-state index >= 15 is 0 Å². The van der Waals surface area contributed by atoms with E-state index in [1.165, 1.54) is 11.9 Å². The summed E-state index contributed by atoms with van der Waals surface area (Å²) in [5.74, 6) is 0.498. The number of alkyl carbamates (subject to hydrolysis) is 1. The van der Waals surface area contributed by atoms with Crippen LogP contribution in [0.4, 0.5) is 18.0 Å². The number of ether oxygens (including phenoxy) is 1. The summed E-state index contributed by atoms with van der Waals surface area (Å²) in [7, 11) is 2.99. The molecule has 156 valence electrons. The van der Waals surface area contributed by atoms with Crippen LogP contribution < -0.4 is 16.0 Å². The van der Waals surface area contributed by atoms with Crippen molar-refractivity contribution in [1.82, 2.24) is 20.9 Å². The Bertz CT molecular complexity index is 428. The number of nitrogens with one attached hydrogen (secondary N) is 3. The van der Waals surface area contributed by atoms with Crippen LogP contribution in [0.1, 0.15) is 27.2 Å². The first-order chi connectivity index (χ1) is 11.4. The molecule has 0 rings (SSSR count). The molecule has 0 unspecified atom stereocenters. The molecule has 0 saturated heterocycles. The zero-order valence-electron chi connectivity index (χ0n) is 16.0. The van der Waals surface area contributed by atoms with E-state index in [1.54, 1.807) is 27.8 Å². The van der Waals surface area contributed by atoms with Gasteiger partial charge in [0.25, 0.3) is 0 Å². The van der Waals surface area contributed by atoms with E-state index in [-0.39, 0.29) is 30.5 Å². The number of likely N-dealkylation sites (N-methyl/N-ethyl adjacent to an activating group) is 1. The van der Waals surface area contributed by atoms with Crippen molar-refractivity contribution in [3.05, 3.63) is 0 Å². The number of hydrogen-bond donors (Lipinski definition) is 3. The lowest BCUT2D eigenvalue weighted by Crippen LogP contribution is -2.43. The molecule has 0 heterocycles. The average Bonchev–Trinajstić information content (AvgIpc) is 2.41. The van der Waals surface area contributed by atoms with Gasteiger partial charge in [-0.2, -0.15) is 13.2 Å². The SMILES string of the molecule is CN=C(NCCCNC(=O)OC(C)(C)C)NCCN(C)CC(F)(F)F.I. The molecule has 11 heteroatoms. The summed E-state index contributed by atoms with van der Waals surface area (Å²) in [5, 5.41) is 8.59. The molecule has 7 nitrogen and oxygen atoms in total. The minimum atomic E-state index is -4.20. The number of aliphatic imine (C=N–C) groups is 1. The summed E-state index contributed by atoms with van der Waals surface area (Å²) in [6.45, 7) is 5.97. The van der Waals surface area contributed by atoms with E-state index in [0.29, 0.717) is 32.0 Å². The number of carbonyl (C=O) groups excluding carboxylic acids is 1. The van der Waals surface area contributed by atoms with Crippen LogP contribution in [0.15, 0.2) is 4.99 Å². The van der Waals surface area contributed by atoms with Gasteiger partial charge in [0, 0.05) is 33.2 Å². The Balaban J connectivity index is 0. The van der Waals surface area contributed by atoms with Crippen molar-refractivity contribution >= 4 is 36.0 Å². The summed E-state index contributed by atoms with van der Waals surface area (Å²) in [6.07, 6.45) is -4.02. The van der Waals surface area contributed by atoms with Crippen molar-refractivity contribution in [3.63, 3.8) is 0 Å². The van der Waals surface area contributed by atoms with Gasteiger partial charge in [-0.25, -0.2) is 4.79 Å². The van der Waals surface area contributed by atoms with Gasteiger partial charge in [0.05, 0.1) is 6.54 Å². The largest absolute Gasteiger partial charge is 0.444 e. The second-order valence-corrected chi connectivity index (χ2v) is 6.56. The highest BCUT2D eigenvalue weighted by Crippen LogP contribution is 2.14. The summed E-state index contributed by atoms with van der Waals surface area (Å²) in [6, 6.07) is 0. The minimum absolute atomic E-state index is 0. The number of halogens is 4. The molecule has 0 aliphatic heterocycles. The Labute approximate surface area is 170 Å². The van der Waals surface area contributed by atoms with Crippen LogP contribution in [0, 0.1) is 0 Å². The standard InChI is InChI=1S/C15H30F3N5O2.HI/c1-14(2,3)25-13(24)22-8-6-7-20-12(19-4)21-9-10-23(5)11-15(16,17)18;/h6-11H2,1-5H3,(H,22,24)(H2,19,20,21);1H. The third-order valence-corrected chi connectivity index (χ3v) is 2.77. The number of nitrogens with zero attached hydrogens (tertiary/aromatic N) is 2. The Morgan fingerprint density at radius 1 is 1.08 bits per heavy atom. The molecular weight excluding hydrogens is 466 g/mol. The van der Waals surface area contributed by atoms with Gasteiger partial charge in [-0.3, -0.25) is 9.89 Å². The lowest BCUT2D eigenvalue weighted by Gasteiger charge is -2.20. The molecule has 3 N–H and O–H groups in total. The van der Waals surface area contributed by atoms with Crippen LogP contribution in [-0.4, -0.2) is 75.5 Å². The smallest absolute Gasteiger partial charge is 0.407 e. The van der Waals surface area contributed by atoms with E-state index in [0.717, 1.165) is 0 Å². The van der Waals surface area contributed by atoms with Crippen LogP contribution in [0.5, 0.6) is 0 Å². The van der Waals surface area contributed by atoms with Gasteiger partial charge in [0.1, 0.15) is 5.60 Å². The number of alkyl halides is 3. The Morgan fingerprint density at radius 3 is 2.12 bits per heavy atom. The molecule has 0 aromatic heterocycles. The average molecular weight is 497 g/mol. The molecule has 0 spiro atoms. The molecule has 0 radical (unpaired) electrons. The van der Waals surface area contributed by atoms with Crippen molar-refractivity contribution in [2.24, 2.45) is 4.99 Å². The fourth-order valence-corrected chi connectivity index (χ4v) is 1.77. The molecular formula is C15H31F3IN5O2. The molecule has 0 bridgehead atoms. The maximum atomic E-state index is 12.2. The van der Waals surface area contributed by atoms with Gasteiger partial charge in [0.15, 0.2) is 5.96 Å². The summed E-state index contributed by atoms with van der Waals surface area (Å²) in [5.41, 5.74) is -0.534. The van der Waals surface area contributed by atoms with Crippen LogP contribution >= 0.6 is 24.0 Å². The van der Waals surface area contributed by atoms with Crippen LogP contribution in [0.3, 0.4) is 0 Å². The van der Waals surface area contributed by atoms with Gasteiger partial charge >= 0.3 is 12.3 Å². The van der Waals surface area contributed by atoms with Gasteiger partial charge < -0.3 is 20.7 Å². The minimum Gasteiger partial charge on any atom is -0.444 e. The topological polar surface area (TPSA) is 78.0 Å². The normalized spacial score (nSPS) is 12.4. The fraction of sp³-hybridized carbons (Fsp3) is 0.867. The van der Waals surface area contributed by atoms with Crippen LogP contribution in [-0.2, 0) is 4.74 Å². The predicted molar refractivity (Wildman–Crippen MR) is 107 cm³/mol. The first kappa shape index (κ1) is 27.2. The predicted octanol–water partition coefficient (Wildman–Crippen LogP) is 2.18. The lowest BCUT2D eigenvalue weighted by molar-refractivity contribution is -0.142. The molecule has 0 aliphatic carbocycles. The summed E-state index contributed by atoms with van der Waals surface area (Å²) in [4.78, 5) is 16.6. The van der Waals surface area contributed by atoms with Crippen molar-refractivity contribution in [1.29, 1.82) is 0 Å². The maximum absolute atomic E-state index is 12.2. The third-order valence-electron chi connectivity index (χ3n) is 2.77. The quantitative estimate of drug-likeness (QED) is 0.208. The highest BCUT2D eigenvalue weighted by Gasteiger charge is 2.28. The van der Waals surface area contributed by atoms with Crippen molar-refractivity contribution in [2.45, 2.75) is 39.0 Å². The maximum Gasteiger partial charge on any atom is 0.407 e. The monoisotopic (exact) mass is 497 g/mol. The van der Waals surface area contributed by atoms with E-state index in [4.69, 9.17) is 4.74 Å². The first-order valence-corrected chi connectivity index (χ1v) is 8.09. The Hall–Kier alpha value is -0.980. The number of guanidine groups is 1. The number of hydrogen-bond acceptors (Lipinski definition) is 4. The van der Waals surface area contributed by atoms with E-state index in [1.807, 2.05) is 0 Å². The zero-order chi connectivity index (χ0) is 19.5. The van der Waals surface area contributed by atoms with Gasteiger partial charge in [0.2, 0.25) is 0 Å². The molecule has 0 fully saturated rings. The van der Waals surface area contributed by atoms with Crippen LogP contribution in [0.25, 0.3) is 0 Å². The first-order valence-electron chi connectivity index (χ1n) is 8.09. The highest BCUT2D eigenvalue weighted by molar-refractivity contribution is 14.0. The van der Waals surface area contributed by atoms with Crippen molar-refractivity contribution in [2.75, 3.05) is 46.8 Å². The lowest BCUT2D eigenvalue weighted by atomic mass is 10.2. The molecule has 0 aromatic rings. The second-order valence-electron chi connectivity index (χ2n) is 6.56. The molecule has 0 atom stereocenters. The Kier molecular flexibility index (Phi) is 13.9. The van der Waals surface area contributed by atoms with Gasteiger partial charge in [-0.1, -0.05) is 0 Å². The van der Waals surface area contributed by atoms with Gasteiger partial charge in [-0.15, -0.1) is 24.0 Å². The van der Waals surface area contributed by atoms with E-state index < -0.39 is 24.4 Å². The summed E-state index contributed by atoms with van der Waals surface area (Å²) >= 11 is 0. The second kappa shape index (κ2) is 13.2. The van der Waals surface area contributed by atoms with E-state index in [9.17, 15) is 18.0 Å². The fourth-order valence-electron chi connectivity index (χ4n) is 1.77. The number of rotatable bonds is 8. The molecule has 1 amide bonds. The third kappa shape index (κ3) is 17.8. The number of carbonyl (C=O) groups is 1. The molecule has 26 heavy (non-hydrogen) atoms. The molecule has 0 saturated carbocycles.